The van der Waals surface area contributed by atoms with Crippen LogP contribution in [0.15, 0.2) is 70.0 Å². The van der Waals surface area contributed by atoms with Gasteiger partial charge in [-0.1, -0.05) is 35.8 Å². The molecule has 0 aliphatic heterocycles. The Morgan fingerprint density at radius 3 is 2.14 bits per heavy atom. The quantitative estimate of drug-likeness (QED) is 0.304. The van der Waals surface area contributed by atoms with Gasteiger partial charge in [0.15, 0.2) is 6.61 Å². The molecule has 0 aliphatic rings. The van der Waals surface area contributed by atoms with E-state index in [1.807, 2.05) is 26.0 Å². The third-order valence-electron chi connectivity index (χ3n) is 5.24. The van der Waals surface area contributed by atoms with E-state index in [1.165, 1.54) is 30.3 Å². The molecule has 3 aromatic carbocycles. The molecule has 0 radical (unpaired) electrons. The Hall–Kier alpha value is -3.05. The van der Waals surface area contributed by atoms with Gasteiger partial charge in [-0.2, -0.15) is 13.2 Å². The predicted molar refractivity (Wildman–Crippen MR) is 136 cm³/mol. The van der Waals surface area contributed by atoms with Gasteiger partial charge in [-0.25, -0.2) is 8.42 Å². The zero-order valence-corrected chi connectivity index (χ0v) is 21.9. The normalized spacial score (nSPS) is 11.7. The highest BCUT2D eigenvalue weighted by molar-refractivity contribution is 9.10. The fourth-order valence-electron chi connectivity index (χ4n) is 3.46. The standard InChI is InChI=1S/C25H24BrF3N2O4S/c1-3-16-12-19(26)13-17(4-2)24(16)30-23(32)15-35-21-8-10-22(11-9-21)36(33,34)31-20-7-5-6-18(14-20)25(27,28)29/h5-14,31H,3-4,15H2,1-2H3,(H,30,32). The zero-order chi connectivity index (χ0) is 26.5. The number of aryl methyl sites for hydroxylation is 2. The molecular formula is C25H24BrF3N2O4S. The van der Waals surface area contributed by atoms with Crippen LogP contribution >= 0.6 is 15.9 Å². The van der Waals surface area contributed by atoms with Crippen LogP contribution in [0, 0.1) is 0 Å². The summed E-state index contributed by atoms with van der Waals surface area (Å²) in [4.78, 5) is 12.3. The van der Waals surface area contributed by atoms with Crippen molar-refractivity contribution in [3.8, 4) is 5.75 Å². The minimum absolute atomic E-state index is 0.174. The van der Waals surface area contributed by atoms with Crippen LogP contribution < -0.4 is 14.8 Å². The Balaban J connectivity index is 1.65. The van der Waals surface area contributed by atoms with Crippen LogP contribution in [0.2, 0.25) is 0 Å². The van der Waals surface area contributed by atoms with Crippen LogP contribution in [0.3, 0.4) is 0 Å². The number of halogens is 4. The van der Waals surface area contributed by atoms with Gasteiger partial charge in [0.1, 0.15) is 5.75 Å². The summed E-state index contributed by atoms with van der Waals surface area (Å²) in [6.45, 7) is 3.69. The Morgan fingerprint density at radius 2 is 1.58 bits per heavy atom. The van der Waals surface area contributed by atoms with E-state index in [2.05, 4.69) is 26.0 Å². The fraction of sp³-hybridized carbons (Fsp3) is 0.240. The number of nitrogens with one attached hydrogen (secondary N) is 2. The van der Waals surface area contributed by atoms with Crippen molar-refractivity contribution in [3.05, 3.63) is 81.8 Å². The number of rotatable bonds is 9. The Labute approximate surface area is 216 Å². The summed E-state index contributed by atoms with van der Waals surface area (Å²) in [5.41, 5.74) is 1.53. The van der Waals surface area contributed by atoms with Crippen molar-refractivity contribution in [2.75, 3.05) is 16.6 Å². The second kappa shape index (κ2) is 11.3. The van der Waals surface area contributed by atoms with Gasteiger partial charge >= 0.3 is 6.18 Å². The number of carbonyl (C=O) groups is 1. The molecule has 0 aliphatic carbocycles. The molecule has 192 valence electrons. The third-order valence-corrected chi connectivity index (χ3v) is 7.09. The molecule has 0 bridgehead atoms. The van der Waals surface area contributed by atoms with Crippen molar-refractivity contribution in [2.45, 2.75) is 37.8 Å². The molecule has 3 aromatic rings. The van der Waals surface area contributed by atoms with Gasteiger partial charge in [0.25, 0.3) is 15.9 Å². The number of hydrogen-bond donors (Lipinski definition) is 2. The first kappa shape index (κ1) is 27.5. The molecule has 6 nitrogen and oxygen atoms in total. The molecule has 0 unspecified atom stereocenters. The first-order chi connectivity index (χ1) is 16.9. The number of benzene rings is 3. The van der Waals surface area contributed by atoms with Crippen LogP contribution in [0.4, 0.5) is 24.5 Å². The van der Waals surface area contributed by atoms with Gasteiger partial charge < -0.3 is 10.1 Å². The van der Waals surface area contributed by atoms with Crippen LogP contribution in [0.1, 0.15) is 30.5 Å². The fourth-order valence-corrected chi connectivity index (χ4v) is 5.06. The number of sulfonamides is 1. The number of anilines is 2. The van der Waals surface area contributed by atoms with Gasteiger partial charge in [-0.05, 0) is 78.6 Å². The van der Waals surface area contributed by atoms with Crippen molar-refractivity contribution in [1.29, 1.82) is 0 Å². The molecule has 0 spiro atoms. The minimum Gasteiger partial charge on any atom is -0.484 e. The maximum absolute atomic E-state index is 12.9. The van der Waals surface area contributed by atoms with Gasteiger partial charge in [0.05, 0.1) is 10.5 Å². The highest BCUT2D eigenvalue weighted by Crippen LogP contribution is 2.31. The summed E-state index contributed by atoms with van der Waals surface area (Å²) >= 11 is 3.48. The Bertz CT molecular complexity index is 1320. The summed E-state index contributed by atoms with van der Waals surface area (Å²) in [5.74, 6) is -0.116. The minimum atomic E-state index is -4.60. The number of hydrogen-bond acceptors (Lipinski definition) is 4. The molecule has 0 heterocycles. The second-order valence-electron chi connectivity index (χ2n) is 7.80. The van der Waals surface area contributed by atoms with Crippen LogP contribution in [0.5, 0.6) is 5.75 Å². The van der Waals surface area contributed by atoms with E-state index >= 15 is 0 Å². The lowest BCUT2D eigenvalue weighted by Crippen LogP contribution is -2.22. The molecule has 2 N–H and O–H groups in total. The first-order valence-corrected chi connectivity index (χ1v) is 13.2. The van der Waals surface area contributed by atoms with Crippen molar-refractivity contribution >= 4 is 43.2 Å². The topological polar surface area (TPSA) is 84.5 Å². The van der Waals surface area contributed by atoms with E-state index in [0.29, 0.717) is 6.07 Å². The van der Waals surface area contributed by atoms with Crippen molar-refractivity contribution in [2.24, 2.45) is 0 Å². The smallest absolute Gasteiger partial charge is 0.416 e. The molecule has 1 amide bonds. The lowest BCUT2D eigenvalue weighted by molar-refractivity contribution is -0.137. The number of alkyl halides is 3. The van der Waals surface area contributed by atoms with Crippen molar-refractivity contribution < 1.29 is 31.1 Å². The monoisotopic (exact) mass is 584 g/mol. The van der Waals surface area contributed by atoms with E-state index in [-0.39, 0.29) is 28.8 Å². The predicted octanol–water partition coefficient (Wildman–Crippen LogP) is 6.41. The zero-order valence-electron chi connectivity index (χ0n) is 19.4. The molecule has 3 rings (SSSR count). The average Bonchev–Trinajstić information content (AvgIpc) is 2.83. The number of carbonyl (C=O) groups excluding carboxylic acids is 1. The molecule has 0 aromatic heterocycles. The van der Waals surface area contributed by atoms with E-state index in [4.69, 9.17) is 4.74 Å². The highest BCUT2D eigenvalue weighted by atomic mass is 79.9. The van der Waals surface area contributed by atoms with E-state index < -0.39 is 21.8 Å². The SMILES string of the molecule is CCc1cc(Br)cc(CC)c1NC(=O)COc1ccc(S(=O)(=O)Nc2cccc(C(F)(F)F)c2)cc1. The summed E-state index contributed by atoms with van der Waals surface area (Å²) in [5, 5.41) is 2.89. The Morgan fingerprint density at radius 1 is 0.972 bits per heavy atom. The Kier molecular flexibility index (Phi) is 8.67. The van der Waals surface area contributed by atoms with E-state index in [0.717, 1.165) is 46.3 Å². The second-order valence-corrected chi connectivity index (χ2v) is 10.4. The van der Waals surface area contributed by atoms with E-state index in [1.54, 1.807) is 0 Å². The maximum atomic E-state index is 12.9. The van der Waals surface area contributed by atoms with Crippen LogP contribution in [-0.4, -0.2) is 20.9 Å². The van der Waals surface area contributed by atoms with E-state index in [9.17, 15) is 26.4 Å². The molecule has 36 heavy (non-hydrogen) atoms. The van der Waals surface area contributed by atoms with Gasteiger partial charge in [0.2, 0.25) is 0 Å². The summed E-state index contributed by atoms with van der Waals surface area (Å²) < 4.78 is 72.4. The highest BCUT2D eigenvalue weighted by Gasteiger charge is 2.30. The lowest BCUT2D eigenvalue weighted by Gasteiger charge is -2.16. The summed E-state index contributed by atoms with van der Waals surface area (Å²) in [6.07, 6.45) is -3.14. The maximum Gasteiger partial charge on any atom is 0.416 e. The first-order valence-electron chi connectivity index (χ1n) is 11.0. The van der Waals surface area contributed by atoms with Crippen molar-refractivity contribution in [1.82, 2.24) is 0 Å². The molecule has 0 atom stereocenters. The van der Waals surface area contributed by atoms with Gasteiger partial charge in [-0.15, -0.1) is 0 Å². The van der Waals surface area contributed by atoms with Crippen LogP contribution in [0.25, 0.3) is 0 Å². The summed E-state index contributed by atoms with van der Waals surface area (Å²) in [6, 6.07) is 13.0. The third kappa shape index (κ3) is 7.01. The van der Waals surface area contributed by atoms with Gasteiger partial charge in [-0.3, -0.25) is 9.52 Å². The van der Waals surface area contributed by atoms with Crippen LogP contribution in [-0.2, 0) is 33.8 Å². The van der Waals surface area contributed by atoms with Crippen molar-refractivity contribution in [3.63, 3.8) is 0 Å². The number of ether oxygens (including phenoxy) is 1. The molecule has 0 saturated carbocycles. The molecular weight excluding hydrogens is 561 g/mol. The number of amides is 1. The molecule has 0 saturated heterocycles. The molecule has 11 heteroatoms. The largest absolute Gasteiger partial charge is 0.484 e. The van der Waals surface area contributed by atoms with Gasteiger partial charge in [0, 0.05) is 15.8 Å². The lowest BCUT2D eigenvalue weighted by atomic mass is 10.0. The average molecular weight is 585 g/mol. The molecule has 0 fully saturated rings. The summed E-state index contributed by atoms with van der Waals surface area (Å²) in [7, 11) is -4.14.